The summed E-state index contributed by atoms with van der Waals surface area (Å²) in [6.45, 7) is 12.7. The number of nitrogens with one attached hydrogen (secondary N) is 4. The van der Waals surface area contributed by atoms with Gasteiger partial charge in [-0.3, -0.25) is 9.98 Å². The predicted molar refractivity (Wildman–Crippen MR) is 235 cm³/mol. The molecule has 1 saturated carbocycles. The summed E-state index contributed by atoms with van der Waals surface area (Å²) in [5.41, 5.74) is 4.98. The van der Waals surface area contributed by atoms with Crippen LogP contribution >= 0.6 is 31.9 Å². The number of aliphatic imine (C=N–C) groups is 2. The third-order valence-corrected chi connectivity index (χ3v) is 10.7. The van der Waals surface area contributed by atoms with Gasteiger partial charge >= 0.3 is 12.1 Å². The lowest BCUT2D eigenvalue weighted by molar-refractivity contribution is 0.251. The fourth-order valence-corrected chi connectivity index (χ4v) is 7.08. The van der Waals surface area contributed by atoms with Gasteiger partial charge < -0.3 is 31.5 Å². The van der Waals surface area contributed by atoms with E-state index in [4.69, 9.17) is 9.98 Å². The number of benzene rings is 4. The molecule has 1 fully saturated rings. The molecule has 0 radical (unpaired) electrons. The highest BCUT2D eigenvalue weighted by Crippen LogP contribution is 2.36. The van der Waals surface area contributed by atoms with E-state index in [1.807, 2.05) is 114 Å². The highest BCUT2D eigenvalue weighted by molar-refractivity contribution is 9.10. The number of hydrogen-bond acceptors (Lipinski definition) is 6. The average Bonchev–Trinajstić information content (AvgIpc) is 3.14. The first-order valence-corrected chi connectivity index (χ1v) is 20.4. The van der Waals surface area contributed by atoms with Crippen molar-refractivity contribution >= 4 is 67.7 Å². The summed E-state index contributed by atoms with van der Waals surface area (Å²) in [7, 11) is 0. The first kappa shape index (κ1) is 42.5. The Balaban J connectivity index is 1.33. The van der Waals surface area contributed by atoms with Gasteiger partial charge in [0.05, 0.1) is 12.1 Å². The fraction of sp³-hybridized carbons (Fsp3) is 0.364. The lowest BCUT2D eigenvalue weighted by Crippen LogP contribution is -2.28. The topological polar surface area (TPSA) is 147 Å². The summed E-state index contributed by atoms with van der Waals surface area (Å²) < 4.78 is 1.85. The monoisotopic (exact) mass is 886 g/mol. The average molecular weight is 889 g/mol. The maximum absolute atomic E-state index is 12.7. The molecule has 0 unspecified atom stereocenters. The van der Waals surface area contributed by atoms with E-state index < -0.39 is 0 Å². The molecular weight excluding hydrogens is 836 g/mol. The van der Waals surface area contributed by atoms with E-state index in [0.29, 0.717) is 22.5 Å². The molecule has 5 rings (SSSR count). The van der Waals surface area contributed by atoms with Crippen LogP contribution in [0.4, 0.5) is 21.0 Å². The van der Waals surface area contributed by atoms with Crippen molar-refractivity contribution in [3.8, 4) is 11.5 Å². The van der Waals surface area contributed by atoms with E-state index in [1.165, 1.54) is 0 Å². The zero-order valence-corrected chi connectivity index (χ0v) is 36.0. The molecule has 0 saturated heterocycles. The second-order valence-electron chi connectivity index (χ2n) is 16.3. The molecule has 56 heavy (non-hydrogen) atoms. The minimum Gasteiger partial charge on any atom is -0.507 e. The minimum absolute atomic E-state index is 0.132. The standard InChI is InChI=1S/C44H52Br2N6O4/c1-43(2,3)35-21-27(23-49-41(55)51-33-15-11-31(45)12-16-33)19-29(39(35)53)25-47-37-9-7-8-10-38(37)48-26-30-20-28(22-36(40(30)54)44(4,5)6)24-50-42(56)52-34-17-13-32(46)14-18-34/h11-22,25-26,37-38,53-54H,7-10,23-24H2,1-6H3,(H2,49,51,55)(H2,50,52,56)/t37-,38-/m1/s1. The summed E-state index contributed by atoms with van der Waals surface area (Å²) in [5.74, 6) is 0.325. The molecule has 12 heteroatoms. The number of phenolic OH excluding ortho intramolecular Hbond substituents is 2. The summed E-state index contributed by atoms with van der Waals surface area (Å²) in [5, 5.41) is 34.4. The molecule has 0 aromatic heterocycles. The molecule has 296 valence electrons. The van der Waals surface area contributed by atoms with Gasteiger partial charge in [0, 0.05) is 68.1 Å². The first-order valence-electron chi connectivity index (χ1n) is 18.9. The van der Waals surface area contributed by atoms with E-state index >= 15 is 0 Å². The van der Waals surface area contributed by atoms with Crippen LogP contribution in [0.15, 0.2) is 91.7 Å². The van der Waals surface area contributed by atoms with Gasteiger partial charge in [-0.25, -0.2) is 9.59 Å². The Kier molecular flexibility index (Phi) is 14.0. The number of amides is 4. The van der Waals surface area contributed by atoms with E-state index in [0.717, 1.165) is 56.9 Å². The van der Waals surface area contributed by atoms with Crippen molar-refractivity contribution in [2.75, 3.05) is 10.6 Å². The molecule has 1 aliphatic rings. The molecule has 4 aromatic rings. The molecule has 0 bridgehead atoms. The molecule has 1 aliphatic carbocycles. The quantitative estimate of drug-likeness (QED) is 0.0880. The Morgan fingerprint density at radius 1 is 0.643 bits per heavy atom. The zero-order chi connectivity index (χ0) is 40.6. The van der Waals surface area contributed by atoms with Gasteiger partial charge in [0.2, 0.25) is 0 Å². The van der Waals surface area contributed by atoms with Gasteiger partial charge in [0.15, 0.2) is 0 Å². The minimum atomic E-state index is -0.360. The van der Waals surface area contributed by atoms with Gasteiger partial charge in [-0.15, -0.1) is 0 Å². The SMILES string of the molecule is CC(C)(C)c1cc(CNC(=O)Nc2ccc(Br)cc2)cc(C=N[C@@H]2CCCC[C@H]2N=Cc2cc(CNC(=O)Nc3ccc(Br)cc3)cc(C(C)(C)C)c2O)c1O. The van der Waals surface area contributed by atoms with Crippen molar-refractivity contribution < 1.29 is 19.8 Å². The summed E-state index contributed by atoms with van der Waals surface area (Å²) >= 11 is 6.82. The maximum atomic E-state index is 12.7. The van der Waals surface area contributed by atoms with Crippen LogP contribution in [0.1, 0.15) is 101 Å². The summed E-state index contributed by atoms with van der Waals surface area (Å²) in [6, 6.07) is 21.3. The summed E-state index contributed by atoms with van der Waals surface area (Å²) in [6.07, 6.45) is 7.14. The largest absolute Gasteiger partial charge is 0.507 e. The van der Waals surface area contributed by atoms with E-state index in [2.05, 4.69) is 53.1 Å². The van der Waals surface area contributed by atoms with Crippen LogP contribution in [-0.2, 0) is 23.9 Å². The molecule has 0 aliphatic heterocycles. The number of aromatic hydroxyl groups is 2. The first-order chi connectivity index (χ1) is 26.5. The molecule has 2 atom stereocenters. The van der Waals surface area contributed by atoms with Crippen LogP contribution < -0.4 is 21.3 Å². The number of halogens is 2. The number of rotatable bonds is 10. The van der Waals surface area contributed by atoms with Crippen LogP contribution in [0.3, 0.4) is 0 Å². The summed E-state index contributed by atoms with van der Waals surface area (Å²) in [4.78, 5) is 35.4. The smallest absolute Gasteiger partial charge is 0.319 e. The van der Waals surface area contributed by atoms with Crippen LogP contribution in [-0.4, -0.2) is 46.8 Å². The van der Waals surface area contributed by atoms with E-state index in [1.54, 1.807) is 12.4 Å². The van der Waals surface area contributed by atoms with Gasteiger partial charge in [-0.2, -0.15) is 0 Å². The Labute approximate surface area is 347 Å². The van der Waals surface area contributed by atoms with Crippen LogP contribution in [0.2, 0.25) is 0 Å². The molecule has 0 spiro atoms. The van der Waals surface area contributed by atoms with E-state index in [-0.39, 0.29) is 59.6 Å². The van der Waals surface area contributed by atoms with Crippen molar-refractivity contribution in [1.82, 2.24) is 10.6 Å². The van der Waals surface area contributed by atoms with E-state index in [9.17, 15) is 19.8 Å². The van der Waals surface area contributed by atoms with Crippen LogP contribution in [0.5, 0.6) is 11.5 Å². The number of carbonyl (C=O) groups is 2. The molecule has 0 heterocycles. The second kappa shape index (κ2) is 18.5. The van der Waals surface area contributed by atoms with Gasteiger partial charge in [0.25, 0.3) is 0 Å². The van der Waals surface area contributed by atoms with Crippen molar-refractivity contribution in [2.24, 2.45) is 9.98 Å². The van der Waals surface area contributed by atoms with Crippen molar-refractivity contribution in [3.63, 3.8) is 0 Å². The Hall–Kier alpha value is -4.68. The number of phenols is 2. The highest BCUT2D eigenvalue weighted by atomic mass is 79.9. The van der Waals surface area contributed by atoms with Gasteiger partial charge in [-0.1, -0.05) is 86.2 Å². The molecule has 6 N–H and O–H groups in total. The number of nitrogens with zero attached hydrogens (tertiary/aromatic N) is 2. The molecule has 10 nitrogen and oxygen atoms in total. The van der Waals surface area contributed by atoms with Crippen molar-refractivity contribution in [2.45, 2.75) is 103 Å². The fourth-order valence-electron chi connectivity index (χ4n) is 6.56. The zero-order valence-electron chi connectivity index (χ0n) is 32.8. The van der Waals surface area contributed by atoms with Crippen molar-refractivity contribution in [3.05, 3.63) is 115 Å². The van der Waals surface area contributed by atoms with Gasteiger partial charge in [-0.05, 0) is 108 Å². The number of hydrogen-bond donors (Lipinski definition) is 6. The maximum Gasteiger partial charge on any atom is 0.319 e. The normalized spacial score (nSPS) is 16.2. The Morgan fingerprint density at radius 2 is 1.00 bits per heavy atom. The predicted octanol–water partition coefficient (Wildman–Crippen LogP) is 10.7. The third kappa shape index (κ3) is 11.9. The lowest BCUT2D eigenvalue weighted by Gasteiger charge is -2.26. The number of urea groups is 2. The third-order valence-electron chi connectivity index (χ3n) is 9.63. The molecule has 4 aromatic carbocycles. The molecule has 4 amide bonds. The van der Waals surface area contributed by atoms with Crippen molar-refractivity contribution in [1.29, 1.82) is 0 Å². The Morgan fingerprint density at radius 3 is 1.34 bits per heavy atom. The van der Waals surface area contributed by atoms with Crippen LogP contribution in [0.25, 0.3) is 0 Å². The number of anilines is 2. The molecular formula is C44H52Br2N6O4. The Bertz CT molecular complexity index is 1920. The second-order valence-corrected chi connectivity index (χ2v) is 18.1. The lowest BCUT2D eigenvalue weighted by atomic mass is 9.84. The number of carbonyl (C=O) groups excluding carboxylic acids is 2. The van der Waals surface area contributed by atoms with Crippen LogP contribution in [0, 0.1) is 0 Å². The highest BCUT2D eigenvalue weighted by Gasteiger charge is 2.26. The van der Waals surface area contributed by atoms with Gasteiger partial charge in [0.1, 0.15) is 11.5 Å².